The highest BCUT2D eigenvalue weighted by Crippen LogP contribution is 2.14. The number of anilines is 1. The average molecular weight is 279 g/mol. The molecule has 7 nitrogen and oxygen atoms in total. The van der Waals surface area contributed by atoms with Gasteiger partial charge in [-0.25, -0.2) is 9.59 Å². The SMILES string of the molecule is CCNC(=O)CCNC(=O)Nc1ccccc1C(=O)O. The molecule has 0 atom stereocenters. The van der Waals surface area contributed by atoms with E-state index in [0.29, 0.717) is 6.54 Å². The first-order valence-electron chi connectivity index (χ1n) is 6.18. The Morgan fingerprint density at radius 3 is 2.50 bits per heavy atom. The minimum absolute atomic E-state index is 0.00590. The molecule has 0 aromatic heterocycles. The van der Waals surface area contributed by atoms with Gasteiger partial charge in [-0.3, -0.25) is 4.79 Å². The summed E-state index contributed by atoms with van der Waals surface area (Å²) in [6.45, 7) is 2.52. The predicted molar refractivity (Wildman–Crippen MR) is 73.7 cm³/mol. The van der Waals surface area contributed by atoms with E-state index in [0.717, 1.165) is 0 Å². The van der Waals surface area contributed by atoms with Crippen LogP contribution in [0.2, 0.25) is 0 Å². The maximum atomic E-state index is 11.6. The van der Waals surface area contributed by atoms with E-state index in [9.17, 15) is 14.4 Å². The van der Waals surface area contributed by atoms with Crippen molar-refractivity contribution in [2.75, 3.05) is 18.4 Å². The zero-order valence-corrected chi connectivity index (χ0v) is 11.1. The summed E-state index contributed by atoms with van der Waals surface area (Å²) in [4.78, 5) is 33.7. The summed E-state index contributed by atoms with van der Waals surface area (Å²) in [5.74, 6) is -1.28. The van der Waals surface area contributed by atoms with Crippen molar-refractivity contribution in [1.29, 1.82) is 0 Å². The molecule has 1 rings (SSSR count). The predicted octanol–water partition coefficient (Wildman–Crippen LogP) is 1.03. The Morgan fingerprint density at radius 1 is 1.15 bits per heavy atom. The third-order valence-electron chi connectivity index (χ3n) is 2.42. The molecule has 0 bridgehead atoms. The molecule has 0 aliphatic heterocycles. The van der Waals surface area contributed by atoms with Gasteiger partial charge in [0.25, 0.3) is 0 Å². The first-order valence-corrected chi connectivity index (χ1v) is 6.18. The van der Waals surface area contributed by atoms with E-state index in [-0.39, 0.29) is 30.1 Å². The fourth-order valence-electron chi connectivity index (χ4n) is 1.52. The van der Waals surface area contributed by atoms with E-state index < -0.39 is 12.0 Å². The van der Waals surface area contributed by atoms with Gasteiger partial charge < -0.3 is 21.1 Å². The number of para-hydroxylation sites is 1. The molecule has 0 unspecified atom stereocenters. The number of nitrogens with one attached hydrogen (secondary N) is 3. The van der Waals surface area contributed by atoms with E-state index in [2.05, 4.69) is 16.0 Å². The molecule has 0 saturated carbocycles. The van der Waals surface area contributed by atoms with Crippen molar-refractivity contribution in [3.63, 3.8) is 0 Å². The quantitative estimate of drug-likeness (QED) is 0.623. The van der Waals surface area contributed by atoms with Crippen LogP contribution in [0.25, 0.3) is 0 Å². The summed E-state index contributed by atoms with van der Waals surface area (Å²) in [6.07, 6.45) is 0.168. The zero-order valence-electron chi connectivity index (χ0n) is 11.1. The van der Waals surface area contributed by atoms with Crippen molar-refractivity contribution >= 4 is 23.6 Å². The zero-order chi connectivity index (χ0) is 15.0. The Hall–Kier alpha value is -2.57. The third kappa shape index (κ3) is 4.97. The fraction of sp³-hybridized carbons (Fsp3) is 0.308. The average Bonchev–Trinajstić information content (AvgIpc) is 2.39. The van der Waals surface area contributed by atoms with Crippen LogP contribution in [0.5, 0.6) is 0 Å². The van der Waals surface area contributed by atoms with Gasteiger partial charge in [0.15, 0.2) is 0 Å². The van der Waals surface area contributed by atoms with E-state index in [1.54, 1.807) is 19.1 Å². The second kappa shape index (κ2) is 7.78. The lowest BCUT2D eigenvalue weighted by Crippen LogP contribution is -2.33. The van der Waals surface area contributed by atoms with Gasteiger partial charge >= 0.3 is 12.0 Å². The number of aromatic carboxylic acids is 1. The molecule has 1 aromatic rings. The van der Waals surface area contributed by atoms with Crippen LogP contribution >= 0.6 is 0 Å². The minimum Gasteiger partial charge on any atom is -0.478 e. The van der Waals surface area contributed by atoms with Crippen LogP contribution in [0, 0.1) is 0 Å². The van der Waals surface area contributed by atoms with Gasteiger partial charge in [0.05, 0.1) is 11.3 Å². The number of urea groups is 1. The Kier molecular flexibility index (Phi) is 6.02. The molecule has 0 heterocycles. The second-order valence-electron chi connectivity index (χ2n) is 3.94. The van der Waals surface area contributed by atoms with Gasteiger partial charge in [0.2, 0.25) is 5.91 Å². The number of carboxylic acids is 1. The Labute approximate surface area is 116 Å². The summed E-state index contributed by atoms with van der Waals surface area (Å²) < 4.78 is 0. The molecular formula is C13H17N3O4. The maximum absolute atomic E-state index is 11.6. The molecule has 7 heteroatoms. The van der Waals surface area contributed by atoms with Crippen LogP contribution in [0.3, 0.4) is 0 Å². The lowest BCUT2D eigenvalue weighted by atomic mass is 10.2. The summed E-state index contributed by atoms with van der Waals surface area (Å²) in [7, 11) is 0. The molecule has 0 fully saturated rings. The Balaban J connectivity index is 2.47. The highest BCUT2D eigenvalue weighted by Gasteiger charge is 2.11. The molecule has 0 spiro atoms. The minimum atomic E-state index is -1.12. The molecule has 0 aliphatic rings. The smallest absolute Gasteiger partial charge is 0.337 e. The highest BCUT2D eigenvalue weighted by molar-refractivity contribution is 6.00. The largest absolute Gasteiger partial charge is 0.478 e. The molecular weight excluding hydrogens is 262 g/mol. The summed E-state index contributed by atoms with van der Waals surface area (Å²) in [6, 6.07) is 5.53. The van der Waals surface area contributed by atoms with Gasteiger partial charge in [0.1, 0.15) is 0 Å². The maximum Gasteiger partial charge on any atom is 0.337 e. The highest BCUT2D eigenvalue weighted by atomic mass is 16.4. The third-order valence-corrected chi connectivity index (χ3v) is 2.42. The number of rotatable bonds is 6. The first kappa shape index (κ1) is 15.5. The molecule has 4 N–H and O–H groups in total. The van der Waals surface area contributed by atoms with Crippen molar-refractivity contribution in [3.8, 4) is 0 Å². The molecule has 0 radical (unpaired) electrons. The van der Waals surface area contributed by atoms with Crippen LogP contribution in [0.15, 0.2) is 24.3 Å². The lowest BCUT2D eigenvalue weighted by molar-refractivity contribution is -0.120. The van der Waals surface area contributed by atoms with E-state index >= 15 is 0 Å². The van der Waals surface area contributed by atoms with Crippen LogP contribution in [-0.4, -0.2) is 36.1 Å². The van der Waals surface area contributed by atoms with Crippen molar-refractivity contribution < 1.29 is 19.5 Å². The van der Waals surface area contributed by atoms with Crippen molar-refractivity contribution in [3.05, 3.63) is 29.8 Å². The number of benzene rings is 1. The van der Waals surface area contributed by atoms with Crippen molar-refractivity contribution in [2.45, 2.75) is 13.3 Å². The van der Waals surface area contributed by atoms with Gasteiger partial charge in [-0.1, -0.05) is 12.1 Å². The van der Waals surface area contributed by atoms with E-state index in [1.165, 1.54) is 12.1 Å². The number of amides is 3. The number of carbonyl (C=O) groups excluding carboxylic acids is 2. The van der Waals surface area contributed by atoms with Crippen LogP contribution in [0.4, 0.5) is 10.5 Å². The number of carbonyl (C=O) groups is 3. The normalized spacial score (nSPS) is 9.65. The van der Waals surface area contributed by atoms with Gasteiger partial charge in [-0.15, -0.1) is 0 Å². The summed E-state index contributed by atoms with van der Waals surface area (Å²) in [5.41, 5.74) is 0.210. The standard InChI is InChI=1S/C13H17N3O4/c1-2-14-11(17)7-8-15-13(20)16-10-6-4-3-5-9(10)12(18)19/h3-6H,2,7-8H2,1H3,(H,14,17)(H,18,19)(H2,15,16,20). The van der Waals surface area contributed by atoms with Crippen molar-refractivity contribution in [2.24, 2.45) is 0 Å². The van der Waals surface area contributed by atoms with Gasteiger partial charge in [0, 0.05) is 19.5 Å². The second-order valence-corrected chi connectivity index (χ2v) is 3.94. The van der Waals surface area contributed by atoms with Gasteiger partial charge in [-0.2, -0.15) is 0 Å². The first-order chi connectivity index (χ1) is 9.54. The number of hydrogen-bond acceptors (Lipinski definition) is 3. The molecule has 20 heavy (non-hydrogen) atoms. The topological polar surface area (TPSA) is 108 Å². The Bertz CT molecular complexity index is 502. The van der Waals surface area contributed by atoms with Crippen LogP contribution in [0.1, 0.15) is 23.7 Å². The molecule has 108 valence electrons. The molecule has 0 aliphatic carbocycles. The lowest BCUT2D eigenvalue weighted by Gasteiger charge is -2.09. The van der Waals surface area contributed by atoms with E-state index in [1.807, 2.05) is 0 Å². The van der Waals surface area contributed by atoms with Gasteiger partial charge in [-0.05, 0) is 19.1 Å². The fourth-order valence-corrected chi connectivity index (χ4v) is 1.52. The Morgan fingerprint density at radius 2 is 1.85 bits per heavy atom. The van der Waals surface area contributed by atoms with Crippen LogP contribution in [-0.2, 0) is 4.79 Å². The summed E-state index contributed by atoms with van der Waals surface area (Å²) in [5, 5.41) is 16.5. The number of carboxylic acid groups (broad SMARTS) is 1. The number of hydrogen-bond donors (Lipinski definition) is 4. The van der Waals surface area contributed by atoms with E-state index in [4.69, 9.17) is 5.11 Å². The molecule has 1 aromatic carbocycles. The van der Waals surface area contributed by atoms with Crippen LogP contribution < -0.4 is 16.0 Å². The molecule has 0 saturated heterocycles. The van der Waals surface area contributed by atoms with Crippen molar-refractivity contribution in [1.82, 2.24) is 10.6 Å². The summed E-state index contributed by atoms with van der Waals surface area (Å²) >= 11 is 0. The molecule has 3 amide bonds. The monoisotopic (exact) mass is 279 g/mol.